The Morgan fingerprint density at radius 1 is 1.20 bits per heavy atom. The minimum Gasteiger partial charge on any atom is -0.361 e. The predicted octanol–water partition coefficient (Wildman–Crippen LogP) is 3.86. The fourth-order valence-corrected chi connectivity index (χ4v) is 1.69. The van der Waals surface area contributed by atoms with Crippen molar-refractivity contribution in [2.75, 3.05) is 0 Å². The maximum atomic E-state index is 13.2. The first-order valence-corrected chi connectivity index (χ1v) is 5.02. The van der Waals surface area contributed by atoms with Gasteiger partial charge in [0.25, 0.3) is 0 Å². The number of aromatic amines is 1. The molecule has 0 saturated heterocycles. The van der Waals surface area contributed by atoms with Gasteiger partial charge in [0.15, 0.2) is 0 Å². The zero-order valence-corrected chi connectivity index (χ0v) is 9.07. The molecule has 0 atom stereocenters. The van der Waals surface area contributed by atoms with Gasteiger partial charge < -0.3 is 4.98 Å². The molecule has 0 aliphatic carbocycles. The number of hydrogen-bond acceptors (Lipinski definition) is 1. The Morgan fingerprint density at radius 3 is 2.67 bits per heavy atom. The zero-order chi connectivity index (χ0) is 10.8. The van der Waals surface area contributed by atoms with Crippen molar-refractivity contribution in [2.45, 2.75) is 6.92 Å². The smallest absolute Gasteiger partial charge is 0.124 e. The van der Waals surface area contributed by atoms with E-state index in [1.807, 2.05) is 19.1 Å². The molecule has 15 heavy (non-hydrogen) atoms. The van der Waals surface area contributed by atoms with Crippen molar-refractivity contribution in [3.05, 3.63) is 52.4 Å². The number of nitrogens with one attached hydrogen (secondary N) is 1. The molecule has 2 aromatic rings. The van der Waals surface area contributed by atoms with E-state index in [2.05, 4.69) is 4.98 Å². The topological polar surface area (TPSA) is 15.8 Å². The molecule has 0 saturated carbocycles. The predicted molar refractivity (Wildman–Crippen MR) is 61.8 cm³/mol. The van der Waals surface area contributed by atoms with E-state index in [0.717, 1.165) is 21.3 Å². The van der Waals surface area contributed by atoms with Crippen LogP contribution in [0.2, 0.25) is 0 Å². The van der Waals surface area contributed by atoms with Crippen LogP contribution in [0.5, 0.6) is 0 Å². The Bertz CT molecular complexity index is 525. The van der Waals surface area contributed by atoms with Gasteiger partial charge >= 0.3 is 0 Å². The molecule has 1 heterocycles. The van der Waals surface area contributed by atoms with Gasteiger partial charge in [0, 0.05) is 22.0 Å². The molecule has 0 aliphatic rings. The highest BCUT2D eigenvalue weighted by Gasteiger charge is 2.00. The molecular weight excluding hydrogens is 209 g/mol. The third-order valence-electron chi connectivity index (χ3n) is 2.13. The van der Waals surface area contributed by atoms with Crippen LogP contribution in [0.1, 0.15) is 5.56 Å². The Hall–Kier alpha value is -1.48. The summed E-state index contributed by atoms with van der Waals surface area (Å²) in [5.74, 6) is -0.229. The van der Waals surface area contributed by atoms with Crippen molar-refractivity contribution in [3.63, 3.8) is 0 Å². The summed E-state index contributed by atoms with van der Waals surface area (Å²) in [6.45, 7) is 1.87. The molecule has 0 spiro atoms. The molecule has 3 heteroatoms. The highest BCUT2D eigenvalue weighted by atomic mass is 32.1. The van der Waals surface area contributed by atoms with Crippen LogP contribution in [-0.2, 0) is 0 Å². The Kier molecular flexibility index (Phi) is 2.64. The fraction of sp³-hybridized carbons (Fsp3) is 0.0833. The van der Waals surface area contributed by atoms with Gasteiger partial charge in [-0.05, 0) is 42.8 Å². The minimum absolute atomic E-state index is 0.229. The van der Waals surface area contributed by atoms with Gasteiger partial charge in [-0.15, -0.1) is 0 Å². The zero-order valence-electron chi connectivity index (χ0n) is 8.25. The second-order valence-electron chi connectivity index (χ2n) is 3.46. The van der Waals surface area contributed by atoms with Gasteiger partial charge in [-0.1, -0.05) is 12.2 Å². The lowest BCUT2D eigenvalue weighted by Crippen LogP contribution is -1.86. The van der Waals surface area contributed by atoms with E-state index in [4.69, 9.17) is 12.2 Å². The summed E-state index contributed by atoms with van der Waals surface area (Å²) in [5, 5.41) is 0. The van der Waals surface area contributed by atoms with Crippen molar-refractivity contribution < 1.29 is 4.39 Å². The number of halogens is 1. The summed E-state index contributed by atoms with van der Waals surface area (Å²) in [7, 11) is 0. The summed E-state index contributed by atoms with van der Waals surface area (Å²) in [4.78, 5) is 3.05. The maximum Gasteiger partial charge on any atom is 0.124 e. The monoisotopic (exact) mass is 219 g/mol. The standard InChI is InChI=1S/C12H10FNS/c1-8-4-9(6-10(13)5-8)12-7-11(15)2-3-14-12/h2-7H,1H3,(H,14,15). The first-order chi connectivity index (χ1) is 7.15. The van der Waals surface area contributed by atoms with Crippen molar-refractivity contribution >= 4 is 12.2 Å². The average Bonchev–Trinajstić information content (AvgIpc) is 2.16. The number of H-pyrrole nitrogens is 1. The average molecular weight is 219 g/mol. The van der Waals surface area contributed by atoms with E-state index in [9.17, 15) is 4.39 Å². The number of aryl methyl sites for hydroxylation is 1. The Balaban J connectivity index is 2.58. The van der Waals surface area contributed by atoms with Crippen LogP contribution in [0.4, 0.5) is 4.39 Å². The van der Waals surface area contributed by atoms with E-state index in [1.165, 1.54) is 12.1 Å². The summed E-state index contributed by atoms with van der Waals surface area (Å²) < 4.78 is 13.9. The lowest BCUT2D eigenvalue weighted by molar-refractivity contribution is 0.627. The van der Waals surface area contributed by atoms with E-state index in [-0.39, 0.29) is 5.82 Å². The van der Waals surface area contributed by atoms with Gasteiger partial charge in [-0.3, -0.25) is 0 Å². The summed E-state index contributed by atoms with van der Waals surface area (Å²) in [6.07, 6.45) is 1.76. The number of hydrogen-bond donors (Lipinski definition) is 1. The second-order valence-corrected chi connectivity index (χ2v) is 3.93. The van der Waals surface area contributed by atoms with Gasteiger partial charge in [-0.25, -0.2) is 4.39 Å². The molecule has 2 rings (SSSR count). The number of rotatable bonds is 1. The second kappa shape index (κ2) is 3.95. The lowest BCUT2D eigenvalue weighted by atomic mass is 10.1. The highest BCUT2D eigenvalue weighted by molar-refractivity contribution is 7.71. The van der Waals surface area contributed by atoms with E-state index in [0.29, 0.717) is 0 Å². The summed E-state index contributed by atoms with van der Waals surface area (Å²) in [6, 6.07) is 8.53. The molecule has 1 aromatic heterocycles. The van der Waals surface area contributed by atoms with E-state index < -0.39 is 0 Å². The first-order valence-electron chi connectivity index (χ1n) is 4.61. The first kappa shape index (κ1) is 10.1. The van der Waals surface area contributed by atoms with E-state index >= 15 is 0 Å². The normalized spacial score (nSPS) is 10.3. The molecule has 1 N–H and O–H groups in total. The Labute approximate surface area is 92.6 Å². The summed E-state index contributed by atoms with van der Waals surface area (Å²) in [5.41, 5.74) is 2.55. The van der Waals surface area contributed by atoms with Crippen LogP contribution >= 0.6 is 12.2 Å². The lowest BCUT2D eigenvalue weighted by Gasteiger charge is -2.03. The van der Waals surface area contributed by atoms with Gasteiger partial charge in [0.05, 0.1) is 0 Å². The van der Waals surface area contributed by atoms with Gasteiger partial charge in [0.2, 0.25) is 0 Å². The van der Waals surface area contributed by atoms with Crippen LogP contribution in [0.25, 0.3) is 11.3 Å². The number of pyridine rings is 1. The fourth-order valence-electron chi connectivity index (χ4n) is 1.50. The quantitative estimate of drug-likeness (QED) is 0.720. The molecule has 0 radical (unpaired) electrons. The largest absolute Gasteiger partial charge is 0.361 e. The minimum atomic E-state index is -0.229. The molecule has 0 aliphatic heterocycles. The van der Waals surface area contributed by atoms with Gasteiger partial charge in [0.1, 0.15) is 5.82 Å². The van der Waals surface area contributed by atoms with Crippen molar-refractivity contribution in [1.82, 2.24) is 4.98 Å². The summed E-state index contributed by atoms with van der Waals surface area (Å²) >= 11 is 5.05. The third kappa shape index (κ3) is 2.30. The van der Waals surface area contributed by atoms with Gasteiger partial charge in [-0.2, -0.15) is 0 Å². The van der Waals surface area contributed by atoms with Crippen molar-refractivity contribution in [1.29, 1.82) is 0 Å². The maximum absolute atomic E-state index is 13.2. The molecule has 0 bridgehead atoms. The van der Waals surface area contributed by atoms with E-state index in [1.54, 1.807) is 12.3 Å². The van der Waals surface area contributed by atoms with Crippen molar-refractivity contribution in [2.24, 2.45) is 0 Å². The van der Waals surface area contributed by atoms with Crippen LogP contribution in [-0.4, -0.2) is 4.98 Å². The molecule has 0 fully saturated rings. The number of aromatic nitrogens is 1. The van der Waals surface area contributed by atoms with Crippen LogP contribution in [0.15, 0.2) is 36.5 Å². The molecule has 0 amide bonds. The Morgan fingerprint density at radius 2 is 2.00 bits per heavy atom. The third-order valence-corrected chi connectivity index (χ3v) is 2.38. The molecule has 76 valence electrons. The number of benzene rings is 1. The molecule has 1 nitrogen and oxygen atoms in total. The molecular formula is C12H10FNS. The van der Waals surface area contributed by atoms with Crippen molar-refractivity contribution in [3.8, 4) is 11.3 Å². The van der Waals surface area contributed by atoms with Crippen LogP contribution < -0.4 is 0 Å². The molecule has 1 aromatic carbocycles. The van der Waals surface area contributed by atoms with Crippen LogP contribution in [0, 0.1) is 17.3 Å². The molecule has 0 unspecified atom stereocenters. The SMILES string of the molecule is Cc1cc(F)cc(-c2cc(=S)cc[nH]2)c1. The van der Waals surface area contributed by atoms with Crippen LogP contribution in [0.3, 0.4) is 0 Å². The highest BCUT2D eigenvalue weighted by Crippen LogP contribution is 2.19.